The molecule has 2 aliphatic rings. The number of halogens is 1. The second-order valence-corrected chi connectivity index (χ2v) is 7.73. The van der Waals surface area contributed by atoms with Crippen LogP contribution < -0.4 is 5.32 Å². The van der Waals surface area contributed by atoms with Gasteiger partial charge in [-0.25, -0.2) is 0 Å². The molecule has 1 amide bonds. The molecular weight excluding hydrogens is 364 g/mol. The van der Waals surface area contributed by atoms with Crippen LogP contribution in [0.5, 0.6) is 0 Å². The highest BCUT2D eigenvalue weighted by atomic mass is 35.5. The van der Waals surface area contributed by atoms with Crippen LogP contribution in [-0.2, 0) is 22.5 Å². The average Bonchev–Trinajstić information content (AvgIpc) is 3.27. The Balaban J connectivity index is 1.48. The Morgan fingerprint density at radius 2 is 2.19 bits per heavy atom. The van der Waals surface area contributed by atoms with Gasteiger partial charge in [-0.2, -0.15) is 0 Å². The summed E-state index contributed by atoms with van der Waals surface area (Å²) in [6.07, 6.45) is 8.02. The monoisotopic (exact) mass is 388 g/mol. The number of rotatable bonds is 5. The molecule has 144 valence electrons. The van der Waals surface area contributed by atoms with Crippen LogP contribution in [0.1, 0.15) is 50.8 Å². The highest BCUT2D eigenvalue weighted by Crippen LogP contribution is 2.31. The molecule has 0 saturated carbocycles. The molecule has 1 saturated heterocycles. The summed E-state index contributed by atoms with van der Waals surface area (Å²) in [5.74, 6) is 1.80. The molecule has 1 aromatic carbocycles. The molecule has 0 spiro atoms. The first-order valence-electron chi connectivity index (χ1n) is 9.84. The molecule has 7 heteroatoms. The number of nitrogens with one attached hydrogen (secondary N) is 1. The summed E-state index contributed by atoms with van der Waals surface area (Å²) in [6.45, 7) is 1.72. The van der Waals surface area contributed by atoms with Crippen molar-refractivity contribution in [3.63, 3.8) is 0 Å². The van der Waals surface area contributed by atoms with E-state index in [1.165, 1.54) is 6.42 Å². The zero-order valence-corrected chi connectivity index (χ0v) is 16.2. The SMILES string of the molecule is O=C(CC[C@@H]1CCCO1)Nc1ccc(Cl)c(-c2nnc3n2CCCCC3)c1. The summed E-state index contributed by atoms with van der Waals surface area (Å²) in [7, 11) is 0. The van der Waals surface area contributed by atoms with Gasteiger partial charge < -0.3 is 14.6 Å². The third kappa shape index (κ3) is 4.33. The number of benzene rings is 1. The molecule has 0 radical (unpaired) electrons. The Morgan fingerprint density at radius 1 is 1.26 bits per heavy atom. The smallest absolute Gasteiger partial charge is 0.224 e. The number of fused-ring (bicyclic) bond motifs is 1. The summed E-state index contributed by atoms with van der Waals surface area (Å²) in [6, 6.07) is 5.54. The minimum Gasteiger partial charge on any atom is -0.378 e. The number of anilines is 1. The van der Waals surface area contributed by atoms with Crippen LogP contribution in [0, 0.1) is 0 Å². The molecule has 1 N–H and O–H groups in total. The van der Waals surface area contributed by atoms with Gasteiger partial charge >= 0.3 is 0 Å². The standard InChI is InChI=1S/C20H25ClN4O2/c21-17-9-7-14(22-19(26)10-8-15-5-4-12-27-15)13-16(17)20-24-23-18-6-2-1-3-11-25(18)20/h7,9,13,15H,1-6,8,10-12H2,(H,22,26)/t15-/m0/s1. The van der Waals surface area contributed by atoms with E-state index >= 15 is 0 Å². The highest BCUT2D eigenvalue weighted by Gasteiger charge is 2.19. The van der Waals surface area contributed by atoms with Crippen molar-refractivity contribution >= 4 is 23.2 Å². The maximum absolute atomic E-state index is 12.3. The summed E-state index contributed by atoms with van der Waals surface area (Å²) in [5.41, 5.74) is 1.55. The molecule has 1 fully saturated rings. The fraction of sp³-hybridized carbons (Fsp3) is 0.550. The minimum atomic E-state index is -0.00107. The van der Waals surface area contributed by atoms with Crippen molar-refractivity contribution < 1.29 is 9.53 Å². The molecule has 0 aliphatic carbocycles. The molecule has 0 unspecified atom stereocenters. The summed E-state index contributed by atoms with van der Waals surface area (Å²) in [5, 5.41) is 12.3. The van der Waals surface area contributed by atoms with Crippen LogP contribution in [0.4, 0.5) is 5.69 Å². The van der Waals surface area contributed by atoms with Gasteiger partial charge in [0.25, 0.3) is 0 Å². The molecule has 1 atom stereocenters. The van der Waals surface area contributed by atoms with Crippen molar-refractivity contribution in [1.82, 2.24) is 14.8 Å². The van der Waals surface area contributed by atoms with Crippen LogP contribution in [-0.4, -0.2) is 33.4 Å². The summed E-state index contributed by atoms with van der Waals surface area (Å²) >= 11 is 6.44. The van der Waals surface area contributed by atoms with Gasteiger partial charge in [-0.15, -0.1) is 10.2 Å². The maximum Gasteiger partial charge on any atom is 0.224 e. The lowest BCUT2D eigenvalue weighted by Gasteiger charge is -2.12. The Kier molecular flexibility index (Phi) is 5.74. The Morgan fingerprint density at radius 3 is 3.04 bits per heavy atom. The summed E-state index contributed by atoms with van der Waals surface area (Å²) < 4.78 is 7.75. The number of hydrogen-bond acceptors (Lipinski definition) is 4. The molecule has 4 rings (SSSR count). The minimum absolute atomic E-state index is 0.00107. The van der Waals surface area contributed by atoms with E-state index in [-0.39, 0.29) is 12.0 Å². The maximum atomic E-state index is 12.3. The number of aromatic nitrogens is 3. The number of carbonyl (C=O) groups is 1. The Hall–Kier alpha value is -1.92. The van der Waals surface area contributed by atoms with Crippen molar-refractivity contribution in [3.8, 4) is 11.4 Å². The molecule has 1 aromatic heterocycles. The number of nitrogens with zero attached hydrogens (tertiary/aromatic N) is 3. The van der Waals surface area contributed by atoms with Crippen LogP contribution >= 0.6 is 11.6 Å². The third-order valence-electron chi connectivity index (χ3n) is 5.32. The van der Waals surface area contributed by atoms with Crippen LogP contribution in [0.3, 0.4) is 0 Å². The lowest BCUT2D eigenvalue weighted by Crippen LogP contribution is -2.15. The van der Waals surface area contributed by atoms with Crippen molar-refractivity contribution in [1.29, 1.82) is 0 Å². The van der Waals surface area contributed by atoms with E-state index in [1.807, 2.05) is 18.2 Å². The first kappa shape index (κ1) is 18.4. The zero-order chi connectivity index (χ0) is 18.6. The first-order chi connectivity index (χ1) is 13.2. The van der Waals surface area contributed by atoms with E-state index in [0.717, 1.165) is 74.6 Å². The third-order valence-corrected chi connectivity index (χ3v) is 5.65. The van der Waals surface area contributed by atoms with Gasteiger partial charge in [0.05, 0.1) is 11.1 Å². The molecule has 27 heavy (non-hydrogen) atoms. The molecule has 3 heterocycles. The van der Waals surface area contributed by atoms with Crippen LogP contribution in [0.25, 0.3) is 11.4 Å². The molecule has 2 aromatic rings. The van der Waals surface area contributed by atoms with Gasteiger partial charge in [-0.1, -0.05) is 18.0 Å². The topological polar surface area (TPSA) is 69.0 Å². The average molecular weight is 389 g/mol. The van der Waals surface area contributed by atoms with Gasteiger partial charge in [-0.3, -0.25) is 4.79 Å². The second kappa shape index (κ2) is 8.40. The van der Waals surface area contributed by atoms with Gasteiger partial charge in [0.2, 0.25) is 5.91 Å². The molecule has 2 aliphatic heterocycles. The van der Waals surface area contributed by atoms with Gasteiger partial charge in [0.15, 0.2) is 5.82 Å². The van der Waals surface area contributed by atoms with Gasteiger partial charge in [-0.05, 0) is 50.3 Å². The Bertz CT molecular complexity index is 814. The number of amides is 1. The predicted octanol–water partition coefficient (Wildman–Crippen LogP) is 4.22. The quantitative estimate of drug-likeness (QED) is 0.832. The van der Waals surface area contributed by atoms with Crippen LogP contribution in [0.15, 0.2) is 18.2 Å². The highest BCUT2D eigenvalue weighted by molar-refractivity contribution is 6.33. The molecule has 0 bridgehead atoms. The van der Waals surface area contributed by atoms with E-state index in [4.69, 9.17) is 16.3 Å². The fourth-order valence-corrected chi connectivity index (χ4v) is 4.05. The normalized spacial score (nSPS) is 19.5. The van der Waals surface area contributed by atoms with E-state index in [1.54, 1.807) is 0 Å². The Labute approximate surface area is 164 Å². The molecular formula is C20H25ClN4O2. The van der Waals surface area contributed by atoms with Crippen molar-refractivity contribution in [2.45, 2.75) is 64.0 Å². The van der Waals surface area contributed by atoms with Gasteiger partial charge in [0.1, 0.15) is 5.82 Å². The lowest BCUT2D eigenvalue weighted by atomic mass is 10.1. The largest absolute Gasteiger partial charge is 0.378 e. The van der Waals surface area contributed by atoms with Gasteiger partial charge in [0, 0.05) is 37.2 Å². The van der Waals surface area contributed by atoms with E-state index in [2.05, 4.69) is 20.1 Å². The van der Waals surface area contributed by atoms with Crippen molar-refractivity contribution in [2.24, 2.45) is 0 Å². The number of ether oxygens (including phenoxy) is 1. The first-order valence-corrected chi connectivity index (χ1v) is 10.2. The second-order valence-electron chi connectivity index (χ2n) is 7.32. The lowest BCUT2D eigenvalue weighted by molar-refractivity contribution is -0.116. The number of carbonyl (C=O) groups excluding carboxylic acids is 1. The number of aryl methyl sites for hydroxylation is 1. The zero-order valence-electron chi connectivity index (χ0n) is 15.4. The fourth-order valence-electron chi connectivity index (χ4n) is 3.85. The van der Waals surface area contributed by atoms with Crippen molar-refractivity contribution in [3.05, 3.63) is 29.0 Å². The van der Waals surface area contributed by atoms with E-state index < -0.39 is 0 Å². The summed E-state index contributed by atoms with van der Waals surface area (Å²) in [4.78, 5) is 12.3. The van der Waals surface area contributed by atoms with E-state index in [0.29, 0.717) is 11.4 Å². The molecule has 6 nitrogen and oxygen atoms in total. The predicted molar refractivity (Wildman–Crippen MR) is 105 cm³/mol. The number of hydrogen-bond donors (Lipinski definition) is 1. The van der Waals surface area contributed by atoms with Crippen molar-refractivity contribution in [2.75, 3.05) is 11.9 Å². The van der Waals surface area contributed by atoms with Crippen LogP contribution in [0.2, 0.25) is 5.02 Å². The van der Waals surface area contributed by atoms with E-state index in [9.17, 15) is 4.79 Å².